The number of carbonyl (C=O) groups excluding carboxylic acids is 2. The fraction of sp³-hybridized carbons (Fsp3) is 0.579. The van der Waals surface area contributed by atoms with Crippen molar-refractivity contribution in [3.63, 3.8) is 0 Å². The van der Waals surface area contributed by atoms with E-state index < -0.39 is 5.54 Å². The Morgan fingerprint density at radius 2 is 2.00 bits per heavy atom. The molecule has 2 aliphatic rings. The maximum absolute atomic E-state index is 13.0. The number of benzene rings is 1. The highest BCUT2D eigenvalue weighted by molar-refractivity contribution is 6.32. The maximum Gasteiger partial charge on any atom is 0.325 e. The zero-order valence-electron chi connectivity index (χ0n) is 15.0. The van der Waals surface area contributed by atoms with Crippen LogP contribution in [0.5, 0.6) is 5.75 Å². The van der Waals surface area contributed by atoms with Gasteiger partial charge in [0.1, 0.15) is 17.9 Å². The summed E-state index contributed by atoms with van der Waals surface area (Å²) in [4.78, 5) is 26.7. The normalized spacial score (nSPS) is 28.3. The van der Waals surface area contributed by atoms with Crippen LogP contribution in [0.2, 0.25) is 5.02 Å². The van der Waals surface area contributed by atoms with Crippen LogP contribution in [0.15, 0.2) is 24.3 Å². The molecule has 6 heteroatoms. The highest BCUT2D eigenvalue weighted by Crippen LogP contribution is 2.46. The second kappa shape index (κ2) is 6.52. The molecule has 1 aromatic carbocycles. The molecule has 0 unspecified atom stereocenters. The van der Waals surface area contributed by atoms with E-state index in [0.29, 0.717) is 29.5 Å². The first-order chi connectivity index (χ1) is 11.7. The van der Waals surface area contributed by atoms with Gasteiger partial charge in [0.05, 0.1) is 11.6 Å². The molecule has 3 rings (SSSR count). The van der Waals surface area contributed by atoms with Crippen LogP contribution in [-0.4, -0.2) is 35.5 Å². The molecule has 1 aliphatic heterocycles. The van der Waals surface area contributed by atoms with Gasteiger partial charge in [0.15, 0.2) is 0 Å². The summed E-state index contributed by atoms with van der Waals surface area (Å²) < 4.78 is 5.63. The standard InChI is InChI=1S/C19H25ClN2O3/c1-13-10-18(2,3)12-19(11-13)16(23)22(17(24)21-19)8-9-25-15-7-5-4-6-14(15)20/h4-7,13H,8-12H2,1-3H3,(H,21,24)/t13-,19+/m0/s1. The van der Waals surface area contributed by atoms with E-state index in [1.165, 1.54) is 4.90 Å². The molecule has 2 atom stereocenters. The minimum atomic E-state index is -0.761. The van der Waals surface area contributed by atoms with E-state index in [2.05, 4.69) is 26.1 Å². The summed E-state index contributed by atoms with van der Waals surface area (Å²) in [7, 11) is 0. The zero-order valence-corrected chi connectivity index (χ0v) is 15.7. The first kappa shape index (κ1) is 18.1. The number of hydrogen-bond donors (Lipinski definition) is 1. The molecule has 2 fully saturated rings. The SMILES string of the molecule is C[C@H]1CC(C)(C)C[C@@]2(C1)NC(=O)N(CCOc1ccccc1Cl)C2=O. The second-order valence-corrected chi connectivity index (χ2v) is 8.51. The van der Waals surface area contributed by atoms with Gasteiger partial charge in [-0.05, 0) is 42.7 Å². The molecule has 1 saturated heterocycles. The summed E-state index contributed by atoms with van der Waals surface area (Å²) in [5.74, 6) is 0.825. The van der Waals surface area contributed by atoms with Gasteiger partial charge in [-0.3, -0.25) is 9.69 Å². The van der Waals surface area contributed by atoms with Gasteiger partial charge in [0.25, 0.3) is 5.91 Å². The van der Waals surface area contributed by atoms with Crippen molar-refractivity contribution in [2.75, 3.05) is 13.2 Å². The number of ether oxygens (including phenoxy) is 1. The molecule has 1 heterocycles. The molecule has 25 heavy (non-hydrogen) atoms. The molecular formula is C19H25ClN2O3. The number of para-hydroxylation sites is 1. The largest absolute Gasteiger partial charge is 0.490 e. The van der Waals surface area contributed by atoms with Crippen LogP contribution < -0.4 is 10.1 Å². The predicted octanol–water partition coefficient (Wildman–Crippen LogP) is 3.86. The average molecular weight is 365 g/mol. The summed E-state index contributed by atoms with van der Waals surface area (Å²) in [6.45, 7) is 6.90. The van der Waals surface area contributed by atoms with Crippen LogP contribution >= 0.6 is 11.6 Å². The van der Waals surface area contributed by atoms with E-state index in [1.807, 2.05) is 12.1 Å². The van der Waals surface area contributed by atoms with Crippen molar-refractivity contribution in [1.82, 2.24) is 10.2 Å². The van der Waals surface area contributed by atoms with Crippen molar-refractivity contribution in [2.45, 2.75) is 45.6 Å². The number of rotatable bonds is 4. The van der Waals surface area contributed by atoms with Gasteiger partial charge in [0.2, 0.25) is 0 Å². The minimum Gasteiger partial charge on any atom is -0.490 e. The molecule has 1 aliphatic carbocycles. The molecule has 1 aromatic rings. The van der Waals surface area contributed by atoms with Gasteiger partial charge in [-0.2, -0.15) is 0 Å². The van der Waals surface area contributed by atoms with Crippen molar-refractivity contribution < 1.29 is 14.3 Å². The number of carbonyl (C=O) groups is 2. The number of imide groups is 1. The van der Waals surface area contributed by atoms with Gasteiger partial charge >= 0.3 is 6.03 Å². The van der Waals surface area contributed by atoms with Crippen molar-refractivity contribution >= 4 is 23.5 Å². The highest BCUT2D eigenvalue weighted by Gasteiger charge is 2.55. The number of hydrogen-bond acceptors (Lipinski definition) is 3. The molecule has 0 aromatic heterocycles. The maximum atomic E-state index is 13.0. The topological polar surface area (TPSA) is 58.6 Å². The van der Waals surface area contributed by atoms with Crippen LogP contribution in [0.3, 0.4) is 0 Å². The molecule has 1 spiro atoms. The predicted molar refractivity (Wildman–Crippen MR) is 96.7 cm³/mol. The third-order valence-electron chi connectivity index (χ3n) is 5.03. The van der Waals surface area contributed by atoms with Crippen LogP contribution in [-0.2, 0) is 4.79 Å². The van der Waals surface area contributed by atoms with Crippen LogP contribution in [0.4, 0.5) is 4.79 Å². The zero-order chi connectivity index (χ0) is 18.2. The van der Waals surface area contributed by atoms with Gasteiger partial charge < -0.3 is 10.1 Å². The number of nitrogens with zero attached hydrogens (tertiary/aromatic N) is 1. The molecule has 5 nitrogen and oxygen atoms in total. The molecule has 136 valence electrons. The first-order valence-corrected chi connectivity index (χ1v) is 9.12. The second-order valence-electron chi connectivity index (χ2n) is 8.10. The molecule has 1 N–H and O–H groups in total. The summed E-state index contributed by atoms with van der Waals surface area (Å²) in [6, 6.07) is 6.84. The lowest BCUT2D eigenvalue weighted by atomic mass is 9.64. The highest BCUT2D eigenvalue weighted by atomic mass is 35.5. The summed E-state index contributed by atoms with van der Waals surface area (Å²) in [5.41, 5.74) is -0.729. The van der Waals surface area contributed by atoms with E-state index in [0.717, 1.165) is 6.42 Å². The smallest absolute Gasteiger partial charge is 0.325 e. The van der Waals surface area contributed by atoms with E-state index in [-0.39, 0.29) is 30.5 Å². The third kappa shape index (κ3) is 3.61. The van der Waals surface area contributed by atoms with Crippen LogP contribution in [0, 0.1) is 11.3 Å². The molecule has 1 saturated carbocycles. The Morgan fingerprint density at radius 3 is 2.68 bits per heavy atom. The molecular weight excluding hydrogens is 340 g/mol. The Bertz CT molecular complexity index is 691. The van der Waals surface area contributed by atoms with Crippen LogP contribution in [0.1, 0.15) is 40.0 Å². The average Bonchev–Trinajstić information content (AvgIpc) is 2.70. The summed E-state index contributed by atoms with van der Waals surface area (Å²) >= 11 is 6.06. The lowest BCUT2D eigenvalue weighted by Crippen LogP contribution is -2.54. The molecule has 0 bridgehead atoms. The van der Waals surface area contributed by atoms with E-state index in [9.17, 15) is 9.59 Å². The van der Waals surface area contributed by atoms with Crippen molar-refractivity contribution in [2.24, 2.45) is 11.3 Å². The Kier molecular flexibility index (Phi) is 4.71. The van der Waals surface area contributed by atoms with Gasteiger partial charge in [-0.1, -0.05) is 44.5 Å². The number of urea groups is 1. The number of halogens is 1. The molecule has 0 radical (unpaired) electrons. The summed E-state index contributed by atoms with van der Waals surface area (Å²) in [6.07, 6.45) is 2.44. The Hall–Kier alpha value is -1.75. The van der Waals surface area contributed by atoms with Gasteiger partial charge in [-0.25, -0.2) is 4.79 Å². The molecule has 3 amide bonds. The van der Waals surface area contributed by atoms with Crippen molar-refractivity contribution in [3.8, 4) is 5.75 Å². The minimum absolute atomic E-state index is 0.0324. The van der Waals surface area contributed by atoms with E-state index in [1.54, 1.807) is 12.1 Å². The summed E-state index contributed by atoms with van der Waals surface area (Å²) in [5, 5.41) is 3.48. The van der Waals surface area contributed by atoms with E-state index in [4.69, 9.17) is 16.3 Å². The fourth-order valence-electron chi connectivity index (χ4n) is 4.52. The fourth-order valence-corrected chi connectivity index (χ4v) is 4.71. The monoisotopic (exact) mass is 364 g/mol. The number of nitrogens with one attached hydrogen (secondary N) is 1. The van der Waals surface area contributed by atoms with Crippen LogP contribution in [0.25, 0.3) is 0 Å². The first-order valence-electron chi connectivity index (χ1n) is 8.74. The number of amides is 3. The van der Waals surface area contributed by atoms with Gasteiger partial charge in [-0.15, -0.1) is 0 Å². The lowest BCUT2D eigenvalue weighted by Gasteiger charge is -2.43. The lowest BCUT2D eigenvalue weighted by molar-refractivity contribution is -0.135. The third-order valence-corrected chi connectivity index (χ3v) is 5.35. The quantitative estimate of drug-likeness (QED) is 0.825. The van der Waals surface area contributed by atoms with Crippen molar-refractivity contribution in [1.29, 1.82) is 0 Å². The Labute approximate surface area is 153 Å². The van der Waals surface area contributed by atoms with Gasteiger partial charge in [0, 0.05) is 0 Å². The Balaban J connectivity index is 1.66. The van der Waals surface area contributed by atoms with Crippen molar-refractivity contribution in [3.05, 3.63) is 29.3 Å². The van der Waals surface area contributed by atoms with E-state index >= 15 is 0 Å². The Morgan fingerprint density at radius 1 is 1.28 bits per heavy atom.